The standard InChI is InChI=1S/C7H6N2O2/c10-6-4-9-7-5(3-8-6)1-2-11-7/h1-3,9H,4H2. The molecule has 0 fully saturated rings. The molecule has 0 aliphatic carbocycles. The minimum Gasteiger partial charge on any atom is -0.448 e. The molecule has 1 aliphatic heterocycles. The number of carbonyl (C=O) groups is 1. The van der Waals surface area contributed by atoms with Gasteiger partial charge >= 0.3 is 0 Å². The van der Waals surface area contributed by atoms with Crippen LogP contribution in [0.15, 0.2) is 21.7 Å². The van der Waals surface area contributed by atoms with Crippen molar-refractivity contribution in [2.75, 3.05) is 11.9 Å². The van der Waals surface area contributed by atoms with Crippen LogP contribution in [-0.4, -0.2) is 18.7 Å². The highest BCUT2D eigenvalue weighted by Crippen LogP contribution is 2.15. The van der Waals surface area contributed by atoms with E-state index in [1.807, 2.05) is 0 Å². The maximum atomic E-state index is 10.7. The third-order valence-electron chi connectivity index (χ3n) is 1.44. The first-order valence-electron chi connectivity index (χ1n) is 3.24. The lowest BCUT2D eigenvalue weighted by molar-refractivity contribution is -0.116. The van der Waals surface area contributed by atoms with E-state index in [0.717, 1.165) is 5.56 Å². The Kier molecular flexibility index (Phi) is 1.25. The monoisotopic (exact) mass is 150 g/mol. The summed E-state index contributed by atoms with van der Waals surface area (Å²) in [5, 5.41) is 2.81. The lowest BCUT2D eigenvalue weighted by atomic mass is 10.3. The fourth-order valence-electron chi connectivity index (χ4n) is 0.908. The number of hydrogen-bond donors (Lipinski definition) is 1. The van der Waals surface area contributed by atoms with Crippen molar-refractivity contribution in [1.82, 2.24) is 0 Å². The van der Waals surface area contributed by atoms with Crippen molar-refractivity contribution in [2.45, 2.75) is 0 Å². The Morgan fingerprint density at radius 2 is 2.55 bits per heavy atom. The van der Waals surface area contributed by atoms with Crippen LogP contribution in [0.4, 0.5) is 5.88 Å². The first kappa shape index (κ1) is 6.15. The first-order valence-corrected chi connectivity index (χ1v) is 3.24. The molecule has 0 saturated carbocycles. The molecule has 2 heterocycles. The molecule has 2 rings (SSSR count). The molecule has 1 aromatic rings. The Morgan fingerprint density at radius 1 is 1.64 bits per heavy atom. The average molecular weight is 150 g/mol. The Bertz CT molecular complexity index is 314. The van der Waals surface area contributed by atoms with Crippen LogP contribution in [0.1, 0.15) is 5.56 Å². The summed E-state index contributed by atoms with van der Waals surface area (Å²) in [6.07, 6.45) is 3.06. The lowest BCUT2D eigenvalue weighted by Crippen LogP contribution is -2.08. The second-order valence-electron chi connectivity index (χ2n) is 2.21. The van der Waals surface area contributed by atoms with E-state index >= 15 is 0 Å². The van der Waals surface area contributed by atoms with Gasteiger partial charge in [0.15, 0.2) is 0 Å². The zero-order chi connectivity index (χ0) is 7.68. The second kappa shape index (κ2) is 2.23. The Labute approximate surface area is 62.9 Å². The van der Waals surface area contributed by atoms with Crippen LogP contribution in [0, 0.1) is 0 Å². The highest BCUT2D eigenvalue weighted by molar-refractivity contribution is 5.98. The van der Waals surface area contributed by atoms with Crippen LogP contribution in [-0.2, 0) is 4.79 Å². The van der Waals surface area contributed by atoms with E-state index in [-0.39, 0.29) is 12.5 Å². The van der Waals surface area contributed by atoms with Gasteiger partial charge in [0.25, 0.3) is 5.91 Å². The van der Waals surface area contributed by atoms with Gasteiger partial charge in [-0.05, 0) is 6.07 Å². The van der Waals surface area contributed by atoms with Gasteiger partial charge in [0.1, 0.15) is 0 Å². The number of rotatable bonds is 0. The predicted molar refractivity (Wildman–Crippen MR) is 39.8 cm³/mol. The smallest absolute Gasteiger partial charge is 0.265 e. The van der Waals surface area contributed by atoms with E-state index in [1.165, 1.54) is 6.21 Å². The van der Waals surface area contributed by atoms with Crippen LogP contribution >= 0.6 is 0 Å². The minimum absolute atomic E-state index is 0.184. The fraction of sp³-hybridized carbons (Fsp3) is 0.143. The number of carbonyl (C=O) groups excluding carboxylic acids is 1. The predicted octanol–water partition coefficient (Wildman–Crippen LogP) is 0.651. The summed E-state index contributed by atoms with van der Waals surface area (Å²) in [5.74, 6) is 0.427. The molecule has 0 aromatic carbocycles. The molecule has 0 atom stereocenters. The van der Waals surface area contributed by atoms with Gasteiger partial charge in [0.05, 0.1) is 18.4 Å². The molecular weight excluding hydrogens is 144 g/mol. The zero-order valence-corrected chi connectivity index (χ0v) is 5.70. The summed E-state index contributed by atoms with van der Waals surface area (Å²) in [5.41, 5.74) is 0.816. The molecule has 1 aromatic heterocycles. The van der Waals surface area contributed by atoms with Gasteiger partial charge in [0, 0.05) is 6.21 Å². The van der Waals surface area contributed by atoms with Gasteiger partial charge in [-0.25, -0.2) is 4.99 Å². The van der Waals surface area contributed by atoms with E-state index in [4.69, 9.17) is 4.42 Å². The van der Waals surface area contributed by atoms with E-state index in [9.17, 15) is 4.79 Å². The maximum absolute atomic E-state index is 10.7. The number of fused-ring (bicyclic) bond motifs is 1. The van der Waals surface area contributed by atoms with Gasteiger partial charge in [-0.1, -0.05) is 0 Å². The van der Waals surface area contributed by atoms with Crippen molar-refractivity contribution >= 4 is 18.0 Å². The molecular formula is C7H6N2O2. The van der Waals surface area contributed by atoms with Crippen molar-refractivity contribution in [3.8, 4) is 0 Å². The summed E-state index contributed by atoms with van der Waals surface area (Å²) in [4.78, 5) is 14.4. The summed E-state index contributed by atoms with van der Waals surface area (Å²) in [6, 6.07) is 1.75. The van der Waals surface area contributed by atoms with Crippen molar-refractivity contribution in [1.29, 1.82) is 0 Å². The van der Waals surface area contributed by atoms with Crippen molar-refractivity contribution in [2.24, 2.45) is 4.99 Å². The van der Waals surface area contributed by atoms with Gasteiger partial charge < -0.3 is 9.73 Å². The van der Waals surface area contributed by atoms with Crippen LogP contribution in [0.2, 0.25) is 0 Å². The quantitative estimate of drug-likeness (QED) is 0.590. The van der Waals surface area contributed by atoms with E-state index in [0.29, 0.717) is 5.88 Å². The molecule has 1 N–H and O–H groups in total. The van der Waals surface area contributed by atoms with Gasteiger partial charge in [-0.15, -0.1) is 0 Å². The second-order valence-corrected chi connectivity index (χ2v) is 2.21. The van der Waals surface area contributed by atoms with Crippen LogP contribution in [0.5, 0.6) is 0 Å². The molecule has 4 nitrogen and oxygen atoms in total. The summed E-state index contributed by atoms with van der Waals surface area (Å²) >= 11 is 0. The van der Waals surface area contributed by atoms with Crippen LogP contribution < -0.4 is 5.32 Å². The molecule has 56 valence electrons. The largest absolute Gasteiger partial charge is 0.448 e. The Hall–Kier alpha value is -1.58. The molecule has 11 heavy (non-hydrogen) atoms. The van der Waals surface area contributed by atoms with Crippen molar-refractivity contribution < 1.29 is 9.21 Å². The molecule has 0 bridgehead atoms. The van der Waals surface area contributed by atoms with E-state index < -0.39 is 0 Å². The SMILES string of the molecule is O=C1CNc2occc2C=N1. The zero-order valence-electron chi connectivity index (χ0n) is 5.70. The highest BCUT2D eigenvalue weighted by atomic mass is 16.3. The first-order chi connectivity index (χ1) is 5.36. The van der Waals surface area contributed by atoms with Crippen molar-refractivity contribution in [3.05, 3.63) is 17.9 Å². The number of nitrogens with one attached hydrogen (secondary N) is 1. The summed E-state index contributed by atoms with van der Waals surface area (Å²) < 4.78 is 5.03. The lowest BCUT2D eigenvalue weighted by Gasteiger charge is -1.95. The fourth-order valence-corrected chi connectivity index (χ4v) is 0.908. The number of anilines is 1. The van der Waals surface area contributed by atoms with Crippen LogP contribution in [0.25, 0.3) is 0 Å². The number of nitrogens with zero attached hydrogens (tertiary/aromatic N) is 1. The van der Waals surface area contributed by atoms with Gasteiger partial charge in [-0.2, -0.15) is 0 Å². The molecule has 0 spiro atoms. The third kappa shape index (κ3) is 1.02. The average Bonchev–Trinajstić information content (AvgIpc) is 2.38. The van der Waals surface area contributed by atoms with E-state index in [1.54, 1.807) is 12.3 Å². The minimum atomic E-state index is -0.184. The number of hydrogen-bond acceptors (Lipinski definition) is 3. The summed E-state index contributed by atoms with van der Waals surface area (Å²) in [7, 11) is 0. The number of amides is 1. The topological polar surface area (TPSA) is 54.6 Å². The molecule has 1 aliphatic rings. The number of aliphatic imine (C=N–C) groups is 1. The molecule has 1 amide bonds. The molecule has 4 heteroatoms. The molecule has 0 radical (unpaired) electrons. The molecule has 0 saturated heterocycles. The van der Waals surface area contributed by atoms with Crippen LogP contribution in [0.3, 0.4) is 0 Å². The van der Waals surface area contributed by atoms with Gasteiger partial charge in [-0.3, -0.25) is 4.79 Å². The third-order valence-corrected chi connectivity index (χ3v) is 1.44. The molecule has 0 unspecified atom stereocenters. The highest BCUT2D eigenvalue weighted by Gasteiger charge is 2.09. The number of furan rings is 1. The van der Waals surface area contributed by atoms with Gasteiger partial charge in [0.2, 0.25) is 5.88 Å². The maximum Gasteiger partial charge on any atom is 0.265 e. The van der Waals surface area contributed by atoms with Crippen molar-refractivity contribution in [3.63, 3.8) is 0 Å². The van der Waals surface area contributed by atoms with E-state index in [2.05, 4.69) is 10.3 Å². The normalized spacial score (nSPS) is 15.5. The Balaban J connectivity index is 2.42. The Morgan fingerprint density at radius 3 is 3.45 bits per heavy atom. The summed E-state index contributed by atoms with van der Waals surface area (Å²) in [6.45, 7) is 0.205.